The Balaban J connectivity index is 2.02. The second kappa shape index (κ2) is 4.96. The number of rotatable bonds is 1. The smallest absolute Gasteiger partial charge is 0.136 e. The van der Waals surface area contributed by atoms with Gasteiger partial charge in [0.2, 0.25) is 0 Å². The Bertz CT molecular complexity index is 1100. The molecule has 0 aliphatic heterocycles. The number of nitrogens with zero attached hydrogens (tertiary/aromatic N) is 2. The molecule has 0 spiro atoms. The third kappa shape index (κ3) is 2.08. The van der Waals surface area contributed by atoms with Gasteiger partial charge in [0.05, 0.1) is 17.3 Å². The van der Waals surface area contributed by atoms with Gasteiger partial charge in [0, 0.05) is 22.5 Å². The number of hydrogen-bond acceptors (Lipinski definition) is 3. The van der Waals surface area contributed by atoms with E-state index in [4.69, 9.17) is 4.42 Å². The predicted octanol–water partition coefficient (Wildman–Crippen LogP) is 5.14. The van der Waals surface area contributed by atoms with E-state index in [0.717, 1.165) is 33.2 Å². The van der Waals surface area contributed by atoms with Crippen LogP contribution in [-0.2, 0) is 0 Å². The van der Waals surface area contributed by atoms with Gasteiger partial charge in [0.1, 0.15) is 11.2 Å². The molecule has 2 heterocycles. The van der Waals surface area contributed by atoms with Gasteiger partial charge >= 0.3 is 0 Å². The molecular formula is C20H14N2O. The molecule has 4 aromatic rings. The molecule has 0 radical (unpaired) electrons. The first kappa shape index (κ1) is 13.5. The minimum Gasteiger partial charge on any atom is -0.456 e. The lowest BCUT2D eigenvalue weighted by molar-refractivity contribution is 0.669. The van der Waals surface area contributed by atoms with Crippen molar-refractivity contribution in [1.29, 1.82) is 5.26 Å². The Kier molecular flexibility index (Phi) is 2.92. The van der Waals surface area contributed by atoms with Crippen LogP contribution in [0, 0.1) is 25.2 Å². The zero-order chi connectivity index (χ0) is 16.0. The van der Waals surface area contributed by atoms with Crippen LogP contribution in [0.15, 0.2) is 53.1 Å². The number of benzene rings is 2. The van der Waals surface area contributed by atoms with E-state index in [9.17, 15) is 5.26 Å². The molecular weight excluding hydrogens is 284 g/mol. The molecule has 0 atom stereocenters. The lowest BCUT2D eigenvalue weighted by atomic mass is 10.0. The fourth-order valence-corrected chi connectivity index (χ4v) is 2.86. The van der Waals surface area contributed by atoms with Gasteiger partial charge < -0.3 is 4.42 Å². The van der Waals surface area contributed by atoms with Crippen LogP contribution in [0.4, 0.5) is 0 Å². The summed E-state index contributed by atoms with van der Waals surface area (Å²) >= 11 is 0. The van der Waals surface area contributed by atoms with Gasteiger partial charge in [-0.15, -0.1) is 0 Å². The summed E-state index contributed by atoms with van der Waals surface area (Å²) in [6, 6.07) is 15.9. The number of aromatic nitrogens is 1. The quantitative estimate of drug-likeness (QED) is 0.489. The highest BCUT2D eigenvalue weighted by molar-refractivity contribution is 6.08. The van der Waals surface area contributed by atoms with E-state index in [1.165, 1.54) is 11.1 Å². The number of furan rings is 1. The molecule has 0 fully saturated rings. The van der Waals surface area contributed by atoms with E-state index in [0.29, 0.717) is 5.56 Å². The van der Waals surface area contributed by atoms with Crippen molar-refractivity contribution in [2.45, 2.75) is 13.8 Å². The van der Waals surface area contributed by atoms with Crippen LogP contribution in [0.25, 0.3) is 33.2 Å². The number of nitriles is 1. The van der Waals surface area contributed by atoms with Crippen molar-refractivity contribution < 1.29 is 4.42 Å². The van der Waals surface area contributed by atoms with Gasteiger partial charge in [-0.2, -0.15) is 5.26 Å². The maximum atomic E-state index is 9.36. The molecule has 23 heavy (non-hydrogen) atoms. The molecule has 4 rings (SSSR count). The van der Waals surface area contributed by atoms with Crippen LogP contribution in [0.5, 0.6) is 0 Å². The summed E-state index contributed by atoms with van der Waals surface area (Å²) in [5.74, 6) is 0. The number of pyridine rings is 1. The van der Waals surface area contributed by atoms with Gasteiger partial charge in [0.25, 0.3) is 0 Å². The highest BCUT2D eigenvalue weighted by Gasteiger charge is 2.12. The summed E-state index contributed by atoms with van der Waals surface area (Å²) in [5, 5.41) is 11.2. The Morgan fingerprint density at radius 3 is 2.65 bits per heavy atom. The largest absolute Gasteiger partial charge is 0.456 e. The van der Waals surface area contributed by atoms with E-state index in [1.54, 1.807) is 0 Å². The molecule has 2 aromatic carbocycles. The Hall–Kier alpha value is -3.12. The first-order valence-electron chi connectivity index (χ1n) is 7.46. The molecule has 0 aliphatic rings. The lowest BCUT2D eigenvalue weighted by Gasteiger charge is -2.04. The monoisotopic (exact) mass is 298 g/mol. The minimum atomic E-state index is 0.631. The van der Waals surface area contributed by atoms with Crippen LogP contribution < -0.4 is 0 Å². The minimum absolute atomic E-state index is 0.631. The van der Waals surface area contributed by atoms with Crippen LogP contribution in [0.1, 0.15) is 16.7 Å². The molecule has 110 valence electrons. The van der Waals surface area contributed by atoms with E-state index in [1.807, 2.05) is 36.5 Å². The lowest BCUT2D eigenvalue weighted by Crippen LogP contribution is -1.88. The van der Waals surface area contributed by atoms with Gasteiger partial charge in [0.15, 0.2) is 0 Å². The fraction of sp³-hybridized carbons (Fsp3) is 0.100. The molecule has 0 saturated carbocycles. The molecule has 0 amide bonds. The average Bonchev–Trinajstić information content (AvgIpc) is 2.95. The summed E-state index contributed by atoms with van der Waals surface area (Å²) < 4.78 is 5.86. The Morgan fingerprint density at radius 2 is 1.87 bits per heavy atom. The molecule has 3 nitrogen and oxygen atoms in total. The summed E-state index contributed by atoms with van der Waals surface area (Å²) in [6.07, 6.45) is 1.89. The summed E-state index contributed by atoms with van der Waals surface area (Å²) in [5.41, 5.74) is 6.50. The highest BCUT2D eigenvalue weighted by Crippen LogP contribution is 2.33. The van der Waals surface area contributed by atoms with E-state index >= 15 is 0 Å². The molecule has 3 heteroatoms. The van der Waals surface area contributed by atoms with Gasteiger partial charge in [-0.1, -0.05) is 6.07 Å². The van der Waals surface area contributed by atoms with Crippen molar-refractivity contribution in [2.24, 2.45) is 0 Å². The van der Waals surface area contributed by atoms with Crippen LogP contribution in [0.3, 0.4) is 0 Å². The number of fused-ring (bicyclic) bond motifs is 3. The zero-order valence-electron chi connectivity index (χ0n) is 12.9. The SMILES string of the molecule is Cc1cnc(-c2ccc3oc4cccc(C#N)c4c3c2)cc1C. The molecule has 0 unspecified atom stereocenters. The maximum absolute atomic E-state index is 9.36. The second-order valence-corrected chi connectivity index (χ2v) is 5.76. The normalized spacial score (nSPS) is 11.0. The highest BCUT2D eigenvalue weighted by atomic mass is 16.3. The van der Waals surface area contributed by atoms with Gasteiger partial charge in [-0.25, -0.2) is 0 Å². The molecule has 0 bridgehead atoms. The van der Waals surface area contributed by atoms with Crippen LogP contribution >= 0.6 is 0 Å². The standard InChI is InChI=1S/C20H14N2O/c1-12-8-17(22-11-13(12)2)14-6-7-18-16(9-14)20-15(10-21)4-3-5-19(20)23-18/h3-9,11H,1-2H3. The van der Waals surface area contributed by atoms with Crippen molar-refractivity contribution in [3.63, 3.8) is 0 Å². The third-order valence-electron chi connectivity index (χ3n) is 4.28. The second-order valence-electron chi connectivity index (χ2n) is 5.76. The summed E-state index contributed by atoms with van der Waals surface area (Å²) in [7, 11) is 0. The van der Waals surface area contributed by atoms with Gasteiger partial charge in [-0.05, 0) is 61.4 Å². The van der Waals surface area contributed by atoms with Crippen molar-refractivity contribution in [3.05, 3.63) is 65.4 Å². The third-order valence-corrected chi connectivity index (χ3v) is 4.28. The van der Waals surface area contributed by atoms with Gasteiger partial charge in [-0.3, -0.25) is 4.98 Å². The fourth-order valence-electron chi connectivity index (χ4n) is 2.86. The molecule has 0 N–H and O–H groups in total. The zero-order valence-corrected chi connectivity index (χ0v) is 12.9. The van der Waals surface area contributed by atoms with E-state index in [2.05, 4.69) is 37.0 Å². The average molecular weight is 298 g/mol. The van der Waals surface area contributed by atoms with Crippen molar-refractivity contribution in [2.75, 3.05) is 0 Å². The van der Waals surface area contributed by atoms with Crippen LogP contribution in [0.2, 0.25) is 0 Å². The van der Waals surface area contributed by atoms with Crippen molar-refractivity contribution in [1.82, 2.24) is 4.98 Å². The molecule has 0 saturated heterocycles. The predicted molar refractivity (Wildman–Crippen MR) is 91.1 cm³/mol. The summed E-state index contributed by atoms with van der Waals surface area (Å²) in [4.78, 5) is 4.53. The number of aryl methyl sites for hydroxylation is 2. The summed E-state index contributed by atoms with van der Waals surface area (Å²) in [6.45, 7) is 4.14. The number of hydrogen-bond donors (Lipinski definition) is 0. The van der Waals surface area contributed by atoms with E-state index < -0.39 is 0 Å². The van der Waals surface area contributed by atoms with Crippen molar-refractivity contribution >= 4 is 21.9 Å². The van der Waals surface area contributed by atoms with Crippen molar-refractivity contribution in [3.8, 4) is 17.3 Å². The van der Waals surface area contributed by atoms with Crippen LogP contribution in [-0.4, -0.2) is 4.98 Å². The first-order chi connectivity index (χ1) is 11.2. The van der Waals surface area contributed by atoms with E-state index in [-0.39, 0.29) is 0 Å². The topological polar surface area (TPSA) is 49.8 Å². The molecule has 0 aliphatic carbocycles. The Morgan fingerprint density at radius 1 is 1.00 bits per heavy atom. The maximum Gasteiger partial charge on any atom is 0.136 e. The molecule has 2 aromatic heterocycles. The first-order valence-corrected chi connectivity index (χ1v) is 7.46. The Labute approximate surface area is 133 Å².